The van der Waals surface area contributed by atoms with E-state index in [1.54, 1.807) is 24.3 Å². The lowest BCUT2D eigenvalue weighted by Crippen LogP contribution is -2.33. The lowest BCUT2D eigenvalue weighted by Gasteiger charge is -2.15. The number of carbonyl (C=O) groups is 2. The van der Waals surface area contributed by atoms with E-state index in [4.69, 9.17) is 4.74 Å². The normalized spacial score (nSPS) is 14.6. The minimum absolute atomic E-state index is 0.211. The molecule has 0 aliphatic carbocycles. The zero-order valence-corrected chi connectivity index (χ0v) is 15.2. The fraction of sp³-hybridized carbons (Fsp3) is 0.500. The predicted molar refractivity (Wildman–Crippen MR) is 93.3 cm³/mol. The van der Waals surface area contributed by atoms with Crippen molar-refractivity contribution in [3.05, 3.63) is 35.4 Å². The molecule has 4 nitrogen and oxygen atoms in total. The van der Waals surface area contributed by atoms with E-state index in [1.807, 2.05) is 11.8 Å². The van der Waals surface area contributed by atoms with Crippen molar-refractivity contribution in [3.8, 4) is 0 Å². The monoisotopic (exact) mass is 337 g/mol. The number of hydrogen-bond donors (Lipinski definition) is 0. The van der Waals surface area contributed by atoms with Gasteiger partial charge in [0.15, 0.2) is 0 Å². The Morgan fingerprint density at radius 3 is 2.18 bits per heavy atom. The summed E-state index contributed by atoms with van der Waals surface area (Å²) in [4.78, 5) is 25.5. The van der Waals surface area contributed by atoms with Gasteiger partial charge in [0.2, 0.25) is 0 Å². The van der Waals surface area contributed by atoms with E-state index >= 15 is 0 Å². The van der Waals surface area contributed by atoms with Crippen LogP contribution in [0.2, 0.25) is 19.6 Å². The molecule has 0 aromatic heterocycles. The fourth-order valence-corrected chi connectivity index (χ4v) is 5.46. The molecular formula is C16H23NO3SSi. The van der Waals surface area contributed by atoms with Crippen LogP contribution in [0.25, 0.3) is 0 Å². The fourth-order valence-electron chi connectivity index (χ4n) is 2.20. The molecule has 1 aromatic carbocycles. The third-order valence-electron chi connectivity index (χ3n) is 3.24. The molecule has 1 aliphatic heterocycles. The Morgan fingerprint density at radius 1 is 1.05 bits per heavy atom. The van der Waals surface area contributed by atoms with Gasteiger partial charge in [-0.05, 0) is 17.5 Å². The summed E-state index contributed by atoms with van der Waals surface area (Å²) in [6.45, 7) is 8.44. The Hall–Kier alpha value is -1.11. The van der Waals surface area contributed by atoms with Gasteiger partial charge in [-0.15, -0.1) is 0 Å². The highest BCUT2D eigenvalue weighted by atomic mass is 32.2. The molecule has 22 heavy (non-hydrogen) atoms. The lowest BCUT2D eigenvalue weighted by atomic mass is 10.1. The highest BCUT2D eigenvalue weighted by molar-refractivity contribution is 8.00. The number of benzene rings is 1. The standard InChI is InChI=1S/C16H23NO3SSi/c1-22(2,3)12-21-11-10-20-9-8-17-15(18)13-6-4-5-7-14(13)16(17)19/h4-7H,8-12H2,1-3H3. The van der Waals surface area contributed by atoms with E-state index in [0.717, 1.165) is 5.75 Å². The van der Waals surface area contributed by atoms with Crippen molar-refractivity contribution >= 4 is 31.7 Å². The number of hydrogen-bond acceptors (Lipinski definition) is 4. The molecule has 0 spiro atoms. The molecular weight excluding hydrogens is 314 g/mol. The molecule has 120 valence electrons. The van der Waals surface area contributed by atoms with Crippen LogP contribution < -0.4 is 0 Å². The zero-order valence-electron chi connectivity index (χ0n) is 13.4. The molecule has 1 aliphatic rings. The van der Waals surface area contributed by atoms with E-state index in [9.17, 15) is 9.59 Å². The number of carbonyl (C=O) groups excluding carboxylic acids is 2. The first-order chi connectivity index (χ1) is 10.4. The molecule has 0 saturated carbocycles. The molecule has 1 heterocycles. The van der Waals surface area contributed by atoms with Gasteiger partial charge in [0.1, 0.15) is 0 Å². The van der Waals surface area contributed by atoms with Crippen molar-refractivity contribution in [1.29, 1.82) is 0 Å². The smallest absolute Gasteiger partial charge is 0.261 e. The van der Waals surface area contributed by atoms with Crippen LogP contribution in [0.3, 0.4) is 0 Å². The van der Waals surface area contributed by atoms with Gasteiger partial charge in [0.25, 0.3) is 11.8 Å². The Kier molecular flexibility index (Phi) is 5.83. The van der Waals surface area contributed by atoms with Crippen LogP contribution in [-0.2, 0) is 4.74 Å². The highest BCUT2D eigenvalue weighted by Gasteiger charge is 2.34. The van der Waals surface area contributed by atoms with Crippen molar-refractivity contribution in [1.82, 2.24) is 4.90 Å². The molecule has 1 aromatic rings. The predicted octanol–water partition coefficient (Wildman–Crippen LogP) is 2.91. The third kappa shape index (κ3) is 4.44. The van der Waals surface area contributed by atoms with Crippen LogP contribution in [0.5, 0.6) is 0 Å². The van der Waals surface area contributed by atoms with Crippen molar-refractivity contribution in [2.24, 2.45) is 0 Å². The molecule has 0 fully saturated rings. The number of nitrogens with zero attached hydrogens (tertiary/aromatic N) is 1. The van der Waals surface area contributed by atoms with E-state index < -0.39 is 8.07 Å². The minimum Gasteiger partial charge on any atom is -0.379 e. The minimum atomic E-state index is -0.992. The molecule has 6 heteroatoms. The van der Waals surface area contributed by atoms with Crippen LogP contribution in [0.4, 0.5) is 0 Å². The van der Waals surface area contributed by atoms with E-state index in [1.165, 1.54) is 10.3 Å². The molecule has 0 bridgehead atoms. The van der Waals surface area contributed by atoms with Crippen molar-refractivity contribution < 1.29 is 14.3 Å². The summed E-state index contributed by atoms with van der Waals surface area (Å²) in [5.74, 6) is 0.543. The number of rotatable bonds is 8. The summed E-state index contributed by atoms with van der Waals surface area (Å²) in [7, 11) is -0.992. The molecule has 0 saturated heterocycles. The Labute approximate surface area is 137 Å². The van der Waals surface area contributed by atoms with Crippen LogP contribution >= 0.6 is 11.8 Å². The van der Waals surface area contributed by atoms with Gasteiger partial charge in [-0.1, -0.05) is 31.8 Å². The van der Waals surface area contributed by atoms with Gasteiger partial charge in [-0.2, -0.15) is 11.8 Å². The molecule has 0 unspecified atom stereocenters. The highest BCUT2D eigenvalue weighted by Crippen LogP contribution is 2.21. The van der Waals surface area contributed by atoms with E-state index in [0.29, 0.717) is 30.9 Å². The molecule has 2 rings (SSSR count). The van der Waals surface area contributed by atoms with Crippen molar-refractivity contribution in [2.45, 2.75) is 19.6 Å². The average molecular weight is 338 g/mol. The first-order valence-electron chi connectivity index (χ1n) is 7.51. The maximum absolute atomic E-state index is 12.1. The van der Waals surface area contributed by atoms with Crippen LogP contribution in [0.15, 0.2) is 24.3 Å². The lowest BCUT2D eigenvalue weighted by molar-refractivity contribution is 0.0576. The van der Waals surface area contributed by atoms with E-state index in [-0.39, 0.29) is 11.8 Å². The second-order valence-corrected chi connectivity index (χ2v) is 13.6. The Bertz CT molecular complexity index is 522. The second-order valence-electron chi connectivity index (χ2n) is 6.53. The van der Waals surface area contributed by atoms with Gasteiger partial charge in [-0.3, -0.25) is 14.5 Å². The Morgan fingerprint density at radius 2 is 1.64 bits per heavy atom. The summed E-state index contributed by atoms with van der Waals surface area (Å²) in [6.07, 6.45) is 0. The molecule has 0 atom stereocenters. The Balaban J connectivity index is 1.69. The number of ether oxygens (including phenoxy) is 1. The summed E-state index contributed by atoms with van der Waals surface area (Å²) < 4.78 is 5.55. The zero-order chi connectivity index (χ0) is 16.2. The van der Waals surface area contributed by atoms with Gasteiger partial charge in [-0.25, -0.2) is 0 Å². The largest absolute Gasteiger partial charge is 0.379 e. The number of thioether (sulfide) groups is 1. The topological polar surface area (TPSA) is 46.6 Å². The van der Waals surface area contributed by atoms with E-state index in [2.05, 4.69) is 19.6 Å². The van der Waals surface area contributed by atoms with Crippen LogP contribution in [0, 0.1) is 0 Å². The second kappa shape index (κ2) is 7.44. The SMILES string of the molecule is C[Si](C)(C)CSCCOCCN1C(=O)c2ccccc2C1=O. The maximum Gasteiger partial charge on any atom is 0.261 e. The van der Waals surface area contributed by atoms with Gasteiger partial charge in [0, 0.05) is 5.75 Å². The maximum atomic E-state index is 12.1. The van der Waals surface area contributed by atoms with Gasteiger partial charge in [0.05, 0.1) is 39.0 Å². The van der Waals surface area contributed by atoms with Crippen LogP contribution in [0.1, 0.15) is 20.7 Å². The molecule has 0 N–H and O–H groups in total. The summed E-state index contributed by atoms with van der Waals surface area (Å²) in [5, 5.41) is 1.23. The summed E-state index contributed by atoms with van der Waals surface area (Å²) in [6, 6.07) is 6.95. The average Bonchev–Trinajstić information content (AvgIpc) is 2.70. The third-order valence-corrected chi connectivity index (χ3v) is 7.98. The number of fused-ring (bicyclic) bond motifs is 1. The van der Waals surface area contributed by atoms with Crippen LogP contribution in [-0.4, -0.2) is 55.7 Å². The summed E-state index contributed by atoms with van der Waals surface area (Å²) in [5.41, 5.74) is 0.997. The quantitative estimate of drug-likeness (QED) is 0.416. The van der Waals surface area contributed by atoms with Gasteiger partial charge < -0.3 is 4.74 Å². The summed E-state index contributed by atoms with van der Waals surface area (Å²) >= 11 is 1.92. The molecule has 0 radical (unpaired) electrons. The first-order valence-corrected chi connectivity index (χ1v) is 12.4. The number of imide groups is 1. The molecule has 2 amide bonds. The van der Waals surface area contributed by atoms with Crippen molar-refractivity contribution in [3.63, 3.8) is 0 Å². The van der Waals surface area contributed by atoms with Gasteiger partial charge >= 0.3 is 0 Å². The van der Waals surface area contributed by atoms with Crippen molar-refractivity contribution in [2.75, 3.05) is 30.9 Å². The number of amides is 2. The first kappa shape index (κ1) is 17.2.